The molecule has 0 aliphatic rings. The molecule has 0 aliphatic carbocycles. The molecule has 228 valence electrons. The number of benzene rings is 4. The van der Waals surface area contributed by atoms with Crippen molar-refractivity contribution in [3.8, 4) is 0 Å². The quantitative estimate of drug-likeness (QED) is 0.107. The van der Waals surface area contributed by atoms with Crippen molar-refractivity contribution in [2.24, 2.45) is 0 Å². The molecule has 18 heteroatoms. The molecule has 0 heterocycles. The fourth-order valence-corrected chi connectivity index (χ4v) is 13.0. The van der Waals surface area contributed by atoms with Gasteiger partial charge in [-0.05, 0) is 140 Å². The van der Waals surface area contributed by atoms with E-state index in [-0.39, 0.29) is 22.1 Å². The average molecular weight is 1020 g/mol. The van der Waals surface area contributed by atoms with E-state index in [0.717, 1.165) is 51.6 Å². The van der Waals surface area contributed by atoms with Crippen LogP contribution in [0.5, 0.6) is 0 Å². The Labute approximate surface area is 322 Å². The minimum absolute atomic E-state index is 0.133. The highest BCUT2D eigenvalue weighted by atomic mass is 127. The van der Waals surface area contributed by atoms with Crippen molar-refractivity contribution in [3.05, 3.63) is 52.2 Å². The van der Waals surface area contributed by atoms with Gasteiger partial charge in [0.05, 0.1) is 5.41 Å². The summed E-state index contributed by atoms with van der Waals surface area (Å²) in [5.74, 6) is -1.14. The van der Waals surface area contributed by atoms with Gasteiger partial charge < -0.3 is 0 Å². The van der Waals surface area contributed by atoms with Gasteiger partial charge in [-0.15, -0.1) is 102 Å². The molecule has 4 rings (SSSR count). The molecule has 12 unspecified atom stereocenters. The Bertz CT molecular complexity index is 1590. The molecule has 0 nitrogen and oxygen atoms in total. The Morgan fingerprint density at radius 2 is 0.844 bits per heavy atom. The van der Waals surface area contributed by atoms with Crippen molar-refractivity contribution >= 4 is 245 Å². The standard InChI is InChI=1S/C27H28B3F2I2P11/c1-3-9(28)14(33)5(10(29)12(3)31)27(6-11(30)21(40)25(44)22(41)15(6)34,7-13(32)16(35)4(2)17(36)18(7)37)8-19(38)23(42)26(45)24(43)20(8)39/h35-45H2,1-2H3. The van der Waals surface area contributed by atoms with E-state index in [1.54, 1.807) is 6.92 Å². The third-order valence-electron chi connectivity index (χ3n) is 8.31. The zero-order chi connectivity index (χ0) is 34.4. The predicted molar refractivity (Wildman–Crippen MR) is 259 cm³/mol. The van der Waals surface area contributed by atoms with Crippen LogP contribution in [0.1, 0.15) is 33.4 Å². The van der Waals surface area contributed by atoms with Gasteiger partial charge in [-0.2, -0.15) is 0 Å². The monoisotopic (exact) mass is 1020 g/mol. The maximum absolute atomic E-state index is 17.6. The second-order valence-electron chi connectivity index (χ2n) is 10.5. The van der Waals surface area contributed by atoms with E-state index in [9.17, 15) is 0 Å². The van der Waals surface area contributed by atoms with Gasteiger partial charge in [0, 0.05) is 18.0 Å². The third kappa shape index (κ3) is 6.33. The van der Waals surface area contributed by atoms with Gasteiger partial charge in [-0.25, -0.2) is 8.78 Å². The van der Waals surface area contributed by atoms with Gasteiger partial charge in [-0.1, -0.05) is 16.4 Å². The highest BCUT2D eigenvalue weighted by Gasteiger charge is 2.50. The minimum Gasteiger partial charge on any atom is -0.207 e. The summed E-state index contributed by atoms with van der Waals surface area (Å²) in [5, 5.41) is 8.34. The molecule has 0 saturated heterocycles. The number of hydrogen-bond donors (Lipinski definition) is 0. The van der Waals surface area contributed by atoms with Crippen molar-refractivity contribution in [1.29, 1.82) is 0 Å². The van der Waals surface area contributed by atoms with Crippen LogP contribution >= 0.6 is 147 Å². The molecule has 0 bridgehead atoms. The highest BCUT2D eigenvalue weighted by molar-refractivity contribution is 14.1. The van der Waals surface area contributed by atoms with Crippen LogP contribution in [0.25, 0.3) is 0 Å². The summed E-state index contributed by atoms with van der Waals surface area (Å²) in [6.07, 6.45) is 0. The smallest absolute Gasteiger partial charge is 0.136 e. The van der Waals surface area contributed by atoms with Crippen molar-refractivity contribution in [1.82, 2.24) is 0 Å². The van der Waals surface area contributed by atoms with Crippen molar-refractivity contribution in [2.45, 2.75) is 19.3 Å². The summed E-state index contributed by atoms with van der Waals surface area (Å²) in [5.41, 5.74) is 1.65. The normalized spacial score (nSPS) is 13.0. The lowest BCUT2D eigenvalue weighted by atomic mass is 9.58. The molecule has 0 aliphatic heterocycles. The molecule has 45 heavy (non-hydrogen) atoms. The van der Waals surface area contributed by atoms with Crippen LogP contribution in [-0.4, -0.2) is 23.5 Å². The second kappa shape index (κ2) is 15.2. The van der Waals surface area contributed by atoms with Gasteiger partial charge >= 0.3 is 0 Å². The average Bonchev–Trinajstić information content (AvgIpc) is 3.00. The van der Waals surface area contributed by atoms with Crippen LogP contribution < -0.4 is 74.7 Å². The number of rotatable bonds is 4. The molecule has 12 atom stereocenters. The number of halogens is 4. The minimum atomic E-state index is -1.63. The molecular weight excluding hydrogens is 989 g/mol. The second-order valence-corrected chi connectivity index (χ2v) is 19.1. The van der Waals surface area contributed by atoms with Crippen LogP contribution in [0.2, 0.25) is 0 Å². The molecule has 0 aromatic heterocycles. The van der Waals surface area contributed by atoms with E-state index in [2.05, 4.69) is 147 Å². The first kappa shape index (κ1) is 40.9. The van der Waals surface area contributed by atoms with Gasteiger partial charge in [0.1, 0.15) is 35.2 Å². The fraction of sp³-hybridized carbons (Fsp3) is 0.111. The van der Waals surface area contributed by atoms with E-state index in [4.69, 9.17) is 23.5 Å². The van der Waals surface area contributed by atoms with Gasteiger partial charge in [0.2, 0.25) is 0 Å². The molecule has 0 spiro atoms. The molecule has 0 fully saturated rings. The maximum atomic E-state index is 17.6. The molecule has 0 amide bonds. The van der Waals surface area contributed by atoms with Crippen LogP contribution in [0.3, 0.4) is 0 Å². The van der Waals surface area contributed by atoms with E-state index in [1.807, 2.05) is 6.92 Å². The summed E-state index contributed by atoms with van der Waals surface area (Å²) in [6.45, 7) is 3.46. The van der Waals surface area contributed by atoms with Gasteiger partial charge in [-0.3, -0.25) is 0 Å². The lowest BCUT2D eigenvalue weighted by molar-refractivity contribution is 0.589. The Hall–Kier alpha value is 3.12. The topological polar surface area (TPSA) is 0 Å². The van der Waals surface area contributed by atoms with Gasteiger partial charge in [0.15, 0.2) is 0 Å². The van der Waals surface area contributed by atoms with E-state index in [1.165, 1.54) is 0 Å². The number of hydrogen-bond acceptors (Lipinski definition) is 0. The fourth-order valence-electron chi connectivity index (χ4n) is 5.65. The summed E-state index contributed by atoms with van der Waals surface area (Å²) in [4.78, 5) is 0. The Kier molecular flexibility index (Phi) is 13.8. The summed E-state index contributed by atoms with van der Waals surface area (Å²) in [6, 6.07) is 0. The molecule has 4 aromatic carbocycles. The zero-order valence-electron chi connectivity index (χ0n) is 24.1. The Balaban J connectivity index is 2.69. The van der Waals surface area contributed by atoms with Crippen LogP contribution in [0.4, 0.5) is 8.78 Å². The van der Waals surface area contributed by atoms with Crippen LogP contribution in [0, 0.1) is 32.6 Å². The van der Waals surface area contributed by atoms with Gasteiger partial charge in [0.25, 0.3) is 0 Å². The summed E-state index contributed by atoms with van der Waals surface area (Å²) < 4.78 is 35.2. The van der Waals surface area contributed by atoms with Crippen LogP contribution in [0.15, 0.2) is 0 Å². The molecule has 0 N–H and O–H groups in total. The first-order chi connectivity index (χ1) is 20.7. The lowest BCUT2D eigenvalue weighted by Gasteiger charge is -2.45. The third-order valence-corrected chi connectivity index (χ3v) is 20.4. The maximum Gasteiger partial charge on any atom is 0.136 e. The first-order valence-corrected chi connectivity index (χ1v) is 21.3. The van der Waals surface area contributed by atoms with Crippen molar-refractivity contribution in [2.75, 3.05) is 0 Å². The first-order valence-electron chi connectivity index (χ1n) is 12.8. The molecular formula is C27H28B3F2I2P11. The van der Waals surface area contributed by atoms with Crippen molar-refractivity contribution in [3.63, 3.8) is 0 Å². The SMILES string of the molecule is [B]c1c(C)c(F)c([B])c(C(c2c(F)c(P)c(C)c(P)c2P)(c2c(P)c(P)c(P)c(P)c2P)c2c([B])c(P)c(P)c(P)c2I)c1I. The molecule has 6 radical (unpaired) electrons. The lowest BCUT2D eigenvalue weighted by Crippen LogP contribution is -2.57. The van der Waals surface area contributed by atoms with E-state index in [0.29, 0.717) is 41.6 Å². The highest BCUT2D eigenvalue weighted by Crippen LogP contribution is 2.47. The molecule has 4 aromatic rings. The molecule has 0 saturated carbocycles. The van der Waals surface area contributed by atoms with E-state index >= 15 is 8.78 Å². The Morgan fingerprint density at radius 3 is 1.36 bits per heavy atom. The predicted octanol–water partition coefficient (Wildman–Crippen LogP) is -0.941. The van der Waals surface area contributed by atoms with Crippen LogP contribution in [-0.2, 0) is 5.41 Å². The summed E-state index contributed by atoms with van der Waals surface area (Å²) >= 11 is 4.38. The largest absolute Gasteiger partial charge is 0.207 e. The van der Waals surface area contributed by atoms with E-state index < -0.39 is 17.0 Å². The Morgan fingerprint density at radius 1 is 0.422 bits per heavy atom. The zero-order valence-corrected chi connectivity index (χ0v) is 41.1. The summed E-state index contributed by atoms with van der Waals surface area (Å²) in [7, 11) is 51.2. The van der Waals surface area contributed by atoms with Crippen molar-refractivity contribution < 1.29 is 8.78 Å².